The van der Waals surface area contributed by atoms with Crippen LogP contribution in [-0.2, 0) is 5.41 Å². The molecule has 11 aromatic carbocycles. The van der Waals surface area contributed by atoms with Crippen molar-refractivity contribution in [3.63, 3.8) is 0 Å². The molecule has 2 aliphatic carbocycles. The second kappa shape index (κ2) is 15.8. The van der Waals surface area contributed by atoms with Crippen LogP contribution in [0.2, 0.25) is 0 Å². The van der Waals surface area contributed by atoms with Gasteiger partial charge in [0.15, 0.2) is 0 Å². The van der Waals surface area contributed by atoms with Gasteiger partial charge in [0.2, 0.25) is 0 Å². The highest BCUT2D eigenvalue weighted by Gasteiger charge is 2.51. The van der Waals surface area contributed by atoms with E-state index in [9.17, 15) is 0 Å². The summed E-state index contributed by atoms with van der Waals surface area (Å²) in [5, 5.41) is 2.61. The molecule has 0 saturated carbocycles. The van der Waals surface area contributed by atoms with E-state index in [0.717, 1.165) is 22.6 Å². The molecule has 0 aliphatic heterocycles. The summed E-state index contributed by atoms with van der Waals surface area (Å²) in [6, 6.07) is 96.9. The number of para-hydroxylation sites is 1. The van der Waals surface area contributed by atoms with E-state index >= 15 is 0 Å². The predicted molar refractivity (Wildman–Crippen MR) is 292 cm³/mol. The minimum Gasteiger partial charge on any atom is -0.310 e. The Hall–Kier alpha value is -8.56. The van der Waals surface area contributed by atoms with Gasteiger partial charge in [0.1, 0.15) is 0 Å². The van der Waals surface area contributed by atoms with Gasteiger partial charge in [-0.3, -0.25) is 0 Å². The average molecular weight is 894 g/mol. The van der Waals surface area contributed by atoms with Crippen LogP contribution >= 0.6 is 11.3 Å². The van der Waals surface area contributed by atoms with E-state index in [1.54, 1.807) is 0 Å². The minimum atomic E-state index is -0.479. The van der Waals surface area contributed by atoms with Crippen molar-refractivity contribution in [2.75, 3.05) is 4.90 Å². The molecule has 2 aliphatic rings. The summed E-state index contributed by atoms with van der Waals surface area (Å²) < 4.78 is 2.62. The largest absolute Gasteiger partial charge is 0.310 e. The lowest BCUT2D eigenvalue weighted by molar-refractivity contribution is 0.793. The van der Waals surface area contributed by atoms with E-state index < -0.39 is 5.41 Å². The van der Waals surface area contributed by atoms with E-state index in [2.05, 4.69) is 266 Å². The average Bonchev–Trinajstić information content (AvgIpc) is 4.06. The lowest BCUT2D eigenvalue weighted by Crippen LogP contribution is -2.26. The van der Waals surface area contributed by atoms with Crippen LogP contribution in [0.25, 0.3) is 86.9 Å². The van der Waals surface area contributed by atoms with Gasteiger partial charge in [0, 0.05) is 37.1 Å². The molecule has 0 atom stereocenters. The summed E-state index contributed by atoms with van der Waals surface area (Å²) in [4.78, 5) is 2.52. The first-order chi connectivity index (χ1) is 34.3. The highest BCUT2D eigenvalue weighted by Crippen LogP contribution is 2.63. The molecule has 1 aromatic heterocycles. The number of rotatable bonds is 7. The maximum Gasteiger partial charge on any atom is 0.0726 e. The smallest absolute Gasteiger partial charge is 0.0726 e. The third-order valence-electron chi connectivity index (χ3n) is 14.7. The van der Waals surface area contributed by atoms with Gasteiger partial charge in [-0.05, 0) is 120 Å². The summed E-state index contributed by atoms with van der Waals surface area (Å²) in [6.07, 6.45) is 0. The van der Waals surface area contributed by atoms with Gasteiger partial charge in [-0.1, -0.05) is 224 Å². The van der Waals surface area contributed by atoms with Crippen molar-refractivity contribution in [1.29, 1.82) is 0 Å². The van der Waals surface area contributed by atoms with E-state index in [0.29, 0.717) is 0 Å². The highest BCUT2D eigenvalue weighted by molar-refractivity contribution is 7.26. The Morgan fingerprint density at radius 2 is 0.739 bits per heavy atom. The van der Waals surface area contributed by atoms with E-state index in [1.807, 2.05) is 11.3 Å². The monoisotopic (exact) mass is 893 g/mol. The number of anilines is 3. The number of benzene rings is 11. The van der Waals surface area contributed by atoms with Crippen LogP contribution in [0.3, 0.4) is 0 Å². The van der Waals surface area contributed by atoms with E-state index in [4.69, 9.17) is 0 Å². The quantitative estimate of drug-likeness (QED) is 0.154. The van der Waals surface area contributed by atoms with Gasteiger partial charge in [-0.2, -0.15) is 0 Å². The molecule has 0 bridgehead atoms. The van der Waals surface area contributed by atoms with Crippen molar-refractivity contribution in [3.05, 3.63) is 283 Å². The van der Waals surface area contributed by atoms with Gasteiger partial charge in [-0.15, -0.1) is 11.3 Å². The number of hydrogen-bond donors (Lipinski definition) is 0. The molecular formula is C67H43NS. The van der Waals surface area contributed by atoms with Gasteiger partial charge < -0.3 is 4.90 Å². The molecule has 0 fully saturated rings. The first-order valence-corrected chi connectivity index (χ1v) is 24.7. The summed E-state index contributed by atoms with van der Waals surface area (Å²) in [6.45, 7) is 0. The Balaban J connectivity index is 1.02. The van der Waals surface area contributed by atoms with Crippen LogP contribution < -0.4 is 4.90 Å². The third-order valence-corrected chi connectivity index (χ3v) is 15.9. The highest BCUT2D eigenvalue weighted by atomic mass is 32.1. The Labute approximate surface area is 406 Å². The van der Waals surface area contributed by atoms with Gasteiger partial charge >= 0.3 is 0 Å². The first kappa shape index (κ1) is 39.6. The number of thiophene rings is 1. The summed E-state index contributed by atoms with van der Waals surface area (Å²) >= 11 is 1.88. The maximum absolute atomic E-state index is 2.52. The zero-order valence-electron chi connectivity index (χ0n) is 37.7. The fourth-order valence-electron chi connectivity index (χ4n) is 11.9. The Bertz CT molecular complexity index is 3920. The van der Waals surface area contributed by atoms with Crippen LogP contribution in [-0.4, -0.2) is 0 Å². The van der Waals surface area contributed by atoms with Crippen LogP contribution in [0.4, 0.5) is 17.1 Å². The minimum absolute atomic E-state index is 0.479. The number of hydrogen-bond acceptors (Lipinski definition) is 2. The molecule has 0 unspecified atom stereocenters. The van der Waals surface area contributed by atoms with Crippen molar-refractivity contribution in [1.82, 2.24) is 0 Å². The molecule has 12 aromatic rings. The molecule has 69 heavy (non-hydrogen) atoms. The van der Waals surface area contributed by atoms with E-state index in [1.165, 1.54) is 104 Å². The number of fused-ring (bicyclic) bond motifs is 13. The molecule has 1 heterocycles. The van der Waals surface area contributed by atoms with Crippen LogP contribution in [0.15, 0.2) is 261 Å². The third kappa shape index (κ3) is 5.96. The Morgan fingerprint density at radius 3 is 1.43 bits per heavy atom. The van der Waals surface area contributed by atoms with Gasteiger partial charge in [0.05, 0.1) is 11.1 Å². The lowest BCUT2D eigenvalue weighted by atomic mass is 9.70. The van der Waals surface area contributed by atoms with Crippen LogP contribution in [0, 0.1) is 0 Å². The van der Waals surface area contributed by atoms with Crippen LogP contribution in [0.1, 0.15) is 22.3 Å². The zero-order valence-corrected chi connectivity index (χ0v) is 38.5. The second-order valence-electron chi connectivity index (χ2n) is 18.3. The van der Waals surface area contributed by atoms with Crippen molar-refractivity contribution in [2.24, 2.45) is 0 Å². The maximum atomic E-state index is 2.52. The van der Waals surface area contributed by atoms with Gasteiger partial charge in [-0.25, -0.2) is 0 Å². The SMILES string of the molecule is c1ccc(-c2ccccc2-c2ccccc2-c2ccccc2N(c2cccc(-c3cccc4c3sc3ccccc34)c2)c2ccc3c(c2)C2(c4ccccc4-c4ccccc42)c2ccccc2-3)cc1. The van der Waals surface area contributed by atoms with Crippen molar-refractivity contribution >= 4 is 48.6 Å². The molecule has 0 N–H and O–H groups in total. The Morgan fingerprint density at radius 1 is 0.275 bits per heavy atom. The number of nitrogens with zero attached hydrogens (tertiary/aromatic N) is 1. The second-order valence-corrected chi connectivity index (χ2v) is 19.3. The molecule has 14 rings (SSSR count). The predicted octanol–water partition coefficient (Wildman–Crippen LogP) is 18.5. The van der Waals surface area contributed by atoms with Crippen molar-refractivity contribution in [3.8, 4) is 66.8 Å². The topological polar surface area (TPSA) is 3.24 Å². The molecule has 0 radical (unpaired) electrons. The Kier molecular flexibility index (Phi) is 9.05. The van der Waals surface area contributed by atoms with Crippen molar-refractivity contribution < 1.29 is 0 Å². The molecule has 1 spiro atoms. The summed E-state index contributed by atoms with van der Waals surface area (Å²) in [5.41, 5.74) is 22.9. The molecule has 322 valence electrons. The summed E-state index contributed by atoms with van der Waals surface area (Å²) in [7, 11) is 0. The fourth-order valence-corrected chi connectivity index (χ4v) is 13.1. The first-order valence-electron chi connectivity index (χ1n) is 23.8. The van der Waals surface area contributed by atoms with Crippen molar-refractivity contribution in [2.45, 2.75) is 5.41 Å². The standard InChI is InChI=1S/C67H43NS/c1-2-20-44(21-3-1)48-24-4-5-25-50(48)51-26-6-7-27-52(51)57-31-11-16-38-64(57)68(46-23-18-22-45(42-46)49-33-19-34-59-58-32-12-17-39-65(58)69-66(49)59)47-40-41-56-55-30-10-15-37-62(55)67(63(56)43-47)60-35-13-8-28-53(60)54-29-9-14-36-61(54)67/h1-43H. The molecule has 2 heteroatoms. The normalized spacial score (nSPS) is 12.8. The lowest BCUT2D eigenvalue weighted by Gasteiger charge is -2.33. The van der Waals surface area contributed by atoms with E-state index in [-0.39, 0.29) is 0 Å². The van der Waals surface area contributed by atoms with Crippen LogP contribution in [0.5, 0.6) is 0 Å². The fraction of sp³-hybridized carbons (Fsp3) is 0.0149. The molecule has 0 amide bonds. The summed E-state index contributed by atoms with van der Waals surface area (Å²) in [5.74, 6) is 0. The van der Waals surface area contributed by atoms with Gasteiger partial charge in [0.25, 0.3) is 0 Å². The zero-order chi connectivity index (χ0) is 45.5. The molecule has 0 saturated heterocycles. The molecular weight excluding hydrogens is 851 g/mol. The molecule has 1 nitrogen and oxygen atoms in total.